The molecule has 0 radical (unpaired) electrons. The maximum atomic E-state index is 14.5. The molecule has 2 fully saturated rings. The van der Waals surface area contributed by atoms with Crippen LogP contribution in [0.5, 0.6) is 0 Å². The van der Waals surface area contributed by atoms with Crippen molar-refractivity contribution in [3.05, 3.63) is 258 Å². The Bertz CT molecular complexity index is 4200. The highest BCUT2D eigenvalue weighted by molar-refractivity contribution is 7.14. The minimum absolute atomic E-state index is 0.00244. The number of hydrogen-bond acceptors (Lipinski definition) is 10. The summed E-state index contributed by atoms with van der Waals surface area (Å²) in [6, 6.07) is 62.1. The zero-order valence-electron chi connectivity index (χ0n) is 54.5. The lowest BCUT2D eigenvalue weighted by molar-refractivity contribution is -0.122. The van der Waals surface area contributed by atoms with Crippen molar-refractivity contribution >= 4 is 96.9 Å². The fraction of sp³-hybridized carbons (Fsp3) is 0.346. The lowest BCUT2D eigenvalue weighted by Crippen LogP contribution is -2.24. The average molecular weight is 1390 g/mol. The van der Waals surface area contributed by atoms with Gasteiger partial charge in [0.15, 0.2) is 5.78 Å². The molecule has 3 aliphatic rings. The van der Waals surface area contributed by atoms with E-state index in [1.807, 2.05) is 42.5 Å². The van der Waals surface area contributed by atoms with Crippen molar-refractivity contribution in [1.82, 2.24) is 0 Å². The molecule has 0 bridgehead atoms. The van der Waals surface area contributed by atoms with E-state index < -0.39 is 41.7 Å². The lowest BCUT2D eigenvalue weighted by Gasteiger charge is -2.26. The van der Waals surface area contributed by atoms with Gasteiger partial charge in [-0.2, -0.15) is 0 Å². The van der Waals surface area contributed by atoms with Crippen molar-refractivity contribution in [2.45, 2.75) is 133 Å². The van der Waals surface area contributed by atoms with Gasteiger partial charge in [-0.25, -0.2) is 18.8 Å². The SMILES string of the molecule is CC(C)(c1ccccc1)c1ccc(CC[C@H]2C(Cl)=CC(=O)[C@@H]2COCc2ccc(C(=O)O)s2)cc1.O=C(O)c1ccc(CCC[C@H]2C(O)C(F)C(Cl)[C@@H]2CCc2ccc3ccccc3c2)s1.O=C(O)c1cccc(CCC[C@H]2C(O)CC(=O)[C@@H]2CCc2cccc3ccccc23)c1. The number of alkyl halides is 2. The molecular weight excluding hydrogens is 1300 g/mol. The van der Waals surface area contributed by atoms with Crippen LogP contribution in [0.25, 0.3) is 21.5 Å². The van der Waals surface area contributed by atoms with Gasteiger partial charge in [-0.15, -0.1) is 34.3 Å². The number of allylic oxidation sites excluding steroid dienone is 2. The summed E-state index contributed by atoms with van der Waals surface area (Å²) in [6.45, 7) is 5.01. The van der Waals surface area contributed by atoms with Crippen molar-refractivity contribution in [3.8, 4) is 0 Å². The molecule has 11 nitrogen and oxygen atoms in total. The molecule has 5 N–H and O–H groups in total. The lowest BCUT2D eigenvalue weighted by atomic mass is 9.78. The van der Waals surface area contributed by atoms with Crippen molar-refractivity contribution in [2.24, 2.45) is 35.5 Å². The predicted molar refractivity (Wildman–Crippen MR) is 385 cm³/mol. The number of fused-ring (bicyclic) bond motifs is 2. The average Bonchev–Trinajstić information content (AvgIpc) is 1.81. The normalized spacial score (nSPS) is 21.5. The number of carbonyl (C=O) groups is 5. The van der Waals surface area contributed by atoms with E-state index in [4.69, 9.17) is 43.3 Å². The van der Waals surface area contributed by atoms with Gasteiger partial charge in [-0.3, -0.25) is 9.59 Å². The third-order valence-corrected chi connectivity index (χ3v) is 23.0. The molecule has 0 spiro atoms. The van der Waals surface area contributed by atoms with Crippen molar-refractivity contribution in [3.63, 3.8) is 0 Å². The Kier molecular flexibility index (Phi) is 25.1. The number of aryl methyl sites for hydroxylation is 5. The second kappa shape index (κ2) is 33.7. The number of aromatic carboxylic acids is 3. The summed E-state index contributed by atoms with van der Waals surface area (Å²) in [5.41, 5.74) is 7.37. The second-order valence-electron chi connectivity index (χ2n) is 26.4. The Labute approximate surface area is 584 Å². The first-order valence-corrected chi connectivity index (χ1v) is 35.9. The molecule has 12 rings (SSSR count). The Balaban J connectivity index is 0.000000158. The van der Waals surface area contributed by atoms with Gasteiger partial charge in [0.2, 0.25) is 0 Å². The van der Waals surface area contributed by atoms with Gasteiger partial charge >= 0.3 is 17.9 Å². The number of rotatable bonds is 26. The molecule has 2 saturated carbocycles. The molecule has 2 heterocycles. The number of hydrogen-bond donors (Lipinski definition) is 5. The van der Waals surface area contributed by atoms with Gasteiger partial charge in [0.25, 0.3) is 0 Å². The van der Waals surface area contributed by atoms with E-state index in [-0.39, 0.29) is 77.0 Å². The van der Waals surface area contributed by atoms with Crippen molar-refractivity contribution in [2.75, 3.05) is 6.61 Å². The van der Waals surface area contributed by atoms with E-state index in [1.54, 1.807) is 36.4 Å². The fourth-order valence-electron chi connectivity index (χ4n) is 14.3. The maximum Gasteiger partial charge on any atom is 0.345 e. The van der Waals surface area contributed by atoms with Gasteiger partial charge in [0, 0.05) is 38.5 Å². The Morgan fingerprint density at radius 1 is 0.546 bits per heavy atom. The number of benzene rings is 7. The highest BCUT2D eigenvalue weighted by atomic mass is 35.5. The number of carboxylic acids is 3. The van der Waals surface area contributed by atoms with Gasteiger partial charge in [0.05, 0.1) is 42.3 Å². The smallest absolute Gasteiger partial charge is 0.345 e. The minimum atomic E-state index is -1.41. The first kappa shape index (κ1) is 72.1. The summed E-state index contributed by atoms with van der Waals surface area (Å²) in [4.78, 5) is 60.8. The third kappa shape index (κ3) is 18.6. The monoisotopic (exact) mass is 1380 g/mol. The highest BCUT2D eigenvalue weighted by Gasteiger charge is 2.49. The maximum absolute atomic E-state index is 14.5. The van der Waals surface area contributed by atoms with E-state index in [0.717, 1.165) is 85.9 Å². The largest absolute Gasteiger partial charge is 0.478 e. The standard InChI is InChI=1S/C29H29ClO4S.C27H28O4.C25H26ClFO3S/c1-29(2,20-6-4-3-5-7-20)21-11-8-19(9-12-21)10-14-23-24(26(31)16-25(23)30)18-34-17-22-13-15-27(35-22)28(32)33;28-25-17-26(29)24(15-14-20-10-5-9-19-8-1-2-12-22(19)20)23(25)13-4-7-18-6-3-11-21(16-18)27(30)31;26-22-19(12-9-15-8-10-16-4-1-2-5-17(16)14-15)20(24(28)23(22)27)7-3-6-18-11-13-21(31-18)25(29)30/h3-9,11-13,15-16,23-24H,10,14,17-18H2,1-2H3,(H,32,33);1-3,5-6,8-12,16,23-25,28H,4,7,13-15,17H2,(H,30,31);1-2,4-5,8,10-11,13-14,19-20,22-24,28H,3,6-7,9,12H2,(H,29,30)/t23-,24-;23-,24-,25?;19-,20-,22?,23?,24?/m111/s1. The molecule has 4 unspecified atom stereocenters. The first-order valence-electron chi connectivity index (χ1n) is 33.4. The van der Waals surface area contributed by atoms with Crippen LogP contribution in [0.15, 0.2) is 199 Å². The number of ketones is 2. The molecule has 97 heavy (non-hydrogen) atoms. The van der Waals surface area contributed by atoms with E-state index in [1.165, 1.54) is 78.1 Å². The first-order chi connectivity index (χ1) is 46.7. The number of carboxylic acid groups (broad SMARTS) is 3. The number of carbonyl (C=O) groups excluding carboxylic acids is 2. The Morgan fingerprint density at radius 2 is 1.14 bits per heavy atom. The van der Waals surface area contributed by atoms with E-state index in [9.17, 15) is 38.6 Å². The van der Waals surface area contributed by atoms with E-state index in [2.05, 4.69) is 123 Å². The molecule has 506 valence electrons. The molecule has 0 saturated heterocycles. The van der Waals surface area contributed by atoms with Gasteiger partial charge in [-0.05, 0) is 192 Å². The van der Waals surface area contributed by atoms with Crippen LogP contribution in [0.2, 0.25) is 0 Å². The van der Waals surface area contributed by atoms with Gasteiger partial charge < -0.3 is 30.3 Å². The summed E-state index contributed by atoms with van der Waals surface area (Å²) in [5.74, 6) is -3.39. The van der Waals surface area contributed by atoms with Crippen LogP contribution < -0.4 is 0 Å². The van der Waals surface area contributed by atoms with Crippen LogP contribution in [0, 0.1) is 35.5 Å². The van der Waals surface area contributed by atoms with Crippen LogP contribution in [0.1, 0.15) is 138 Å². The fourth-order valence-corrected chi connectivity index (χ4v) is 16.9. The van der Waals surface area contributed by atoms with Crippen molar-refractivity contribution < 1.29 is 58.6 Å². The van der Waals surface area contributed by atoms with Crippen LogP contribution in [-0.4, -0.2) is 85.4 Å². The van der Waals surface area contributed by atoms with E-state index >= 15 is 0 Å². The molecule has 3 aliphatic carbocycles. The second-order valence-corrected chi connectivity index (χ2v) is 29.7. The Hall–Kier alpha value is -7.66. The van der Waals surface area contributed by atoms with Crippen LogP contribution in [0.4, 0.5) is 4.39 Å². The zero-order chi connectivity index (χ0) is 68.8. The summed E-state index contributed by atoms with van der Waals surface area (Å²) in [5, 5.41) is 53.0. The molecule has 10 atom stereocenters. The van der Waals surface area contributed by atoms with E-state index in [0.29, 0.717) is 21.9 Å². The molecule has 9 aromatic rings. The number of aliphatic hydroxyl groups excluding tert-OH is 2. The number of aliphatic hydroxyl groups is 2. The van der Waals surface area contributed by atoms with Crippen LogP contribution in [-0.2, 0) is 58.5 Å². The number of halogens is 3. The summed E-state index contributed by atoms with van der Waals surface area (Å²) in [7, 11) is 0. The zero-order valence-corrected chi connectivity index (χ0v) is 57.6. The number of Topliss-reactive ketones (excluding diaryl/α,β-unsaturated/α-hetero) is 1. The highest BCUT2D eigenvalue weighted by Crippen LogP contribution is 2.44. The topological polar surface area (TPSA) is 196 Å². The molecule has 0 amide bonds. The number of ether oxygens (including phenoxy) is 1. The minimum Gasteiger partial charge on any atom is -0.478 e. The third-order valence-electron chi connectivity index (χ3n) is 19.9. The quantitative estimate of drug-likeness (QED) is 0.0324. The predicted octanol–water partition coefficient (Wildman–Crippen LogP) is 18.0. The summed E-state index contributed by atoms with van der Waals surface area (Å²) >= 11 is 15.3. The van der Waals surface area contributed by atoms with Gasteiger partial charge in [-0.1, -0.05) is 177 Å². The molecule has 2 aromatic heterocycles. The summed E-state index contributed by atoms with van der Waals surface area (Å²) in [6.07, 6.45) is 7.94. The van der Waals surface area contributed by atoms with Crippen LogP contribution in [0.3, 0.4) is 0 Å². The molecular formula is C81H83Cl2FO11S2. The van der Waals surface area contributed by atoms with Crippen molar-refractivity contribution in [1.29, 1.82) is 0 Å². The summed E-state index contributed by atoms with van der Waals surface area (Å²) < 4.78 is 20.3. The molecule has 0 aliphatic heterocycles. The number of thiophene rings is 2. The van der Waals surface area contributed by atoms with Gasteiger partial charge in [0.1, 0.15) is 21.7 Å². The van der Waals surface area contributed by atoms with Crippen LogP contribution >= 0.6 is 45.9 Å². The molecule has 16 heteroatoms. The Morgan fingerprint density at radius 3 is 1.87 bits per heavy atom. The molecule has 7 aromatic carbocycles.